The second-order valence-electron chi connectivity index (χ2n) is 4.35. The molecule has 0 amide bonds. The Morgan fingerprint density at radius 1 is 1.31 bits per heavy atom. The van der Waals surface area contributed by atoms with E-state index in [9.17, 15) is 4.79 Å². The Morgan fingerprint density at radius 2 is 2.06 bits per heavy atom. The van der Waals surface area contributed by atoms with Gasteiger partial charge in [-0.1, -0.05) is 30.7 Å². The lowest BCUT2D eigenvalue weighted by Crippen LogP contribution is -2.22. The van der Waals surface area contributed by atoms with Crippen molar-refractivity contribution in [3.8, 4) is 0 Å². The molecule has 16 heavy (non-hydrogen) atoms. The minimum absolute atomic E-state index is 0.242. The molecular weight excluding hydrogens is 198 g/mol. The zero-order valence-corrected chi connectivity index (χ0v) is 10.5. The number of hydrogen-bond acceptors (Lipinski definition) is 2. The minimum atomic E-state index is 0.242. The summed E-state index contributed by atoms with van der Waals surface area (Å²) in [5, 5.41) is 0. The van der Waals surface area contributed by atoms with Crippen molar-refractivity contribution in [3.63, 3.8) is 0 Å². The molecule has 0 unspecified atom stereocenters. The topological polar surface area (TPSA) is 20.3 Å². The van der Waals surface area contributed by atoms with Crippen molar-refractivity contribution in [1.82, 2.24) is 4.90 Å². The van der Waals surface area contributed by atoms with Crippen LogP contribution in [0.4, 0.5) is 0 Å². The average Bonchev–Trinajstić information content (AvgIpc) is 2.26. The molecule has 0 spiro atoms. The van der Waals surface area contributed by atoms with Crippen LogP contribution in [-0.4, -0.2) is 30.8 Å². The van der Waals surface area contributed by atoms with E-state index in [1.807, 2.05) is 31.2 Å². The van der Waals surface area contributed by atoms with E-state index in [0.717, 1.165) is 30.6 Å². The third-order valence-corrected chi connectivity index (χ3v) is 2.67. The third-order valence-electron chi connectivity index (χ3n) is 2.67. The second kappa shape index (κ2) is 6.44. The number of aryl methyl sites for hydroxylation is 1. The fourth-order valence-electron chi connectivity index (χ4n) is 1.75. The summed E-state index contributed by atoms with van der Waals surface area (Å²) in [4.78, 5) is 14.1. The predicted octanol–water partition coefficient (Wildman–Crippen LogP) is 2.91. The third kappa shape index (κ3) is 4.15. The summed E-state index contributed by atoms with van der Waals surface area (Å²) >= 11 is 0. The SMILES string of the molecule is CCCN(C)CCC(=O)c1cccc(C)c1. The van der Waals surface area contributed by atoms with Crippen molar-refractivity contribution in [2.24, 2.45) is 0 Å². The predicted molar refractivity (Wildman–Crippen MR) is 67.9 cm³/mol. The van der Waals surface area contributed by atoms with Crippen LogP contribution in [0.3, 0.4) is 0 Å². The Morgan fingerprint density at radius 3 is 2.69 bits per heavy atom. The number of hydrogen-bond donors (Lipinski definition) is 0. The fourth-order valence-corrected chi connectivity index (χ4v) is 1.75. The molecule has 0 N–H and O–H groups in total. The lowest BCUT2D eigenvalue weighted by Gasteiger charge is -2.14. The first-order valence-electron chi connectivity index (χ1n) is 5.92. The normalized spacial score (nSPS) is 10.8. The highest BCUT2D eigenvalue weighted by Gasteiger charge is 2.06. The Labute approximate surface area is 98.3 Å². The van der Waals surface area contributed by atoms with Gasteiger partial charge in [-0.3, -0.25) is 4.79 Å². The van der Waals surface area contributed by atoms with E-state index in [1.54, 1.807) is 0 Å². The highest BCUT2D eigenvalue weighted by molar-refractivity contribution is 5.96. The van der Waals surface area contributed by atoms with Crippen molar-refractivity contribution in [2.75, 3.05) is 20.1 Å². The van der Waals surface area contributed by atoms with Crippen LogP contribution >= 0.6 is 0 Å². The standard InChI is InChI=1S/C14H21NO/c1-4-9-15(3)10-8-14(16)13-7-5-6-12(2)11-13/h5-7,11H,4,8-10H2,1-3H3. The molecule has 1 rings (SSSR count). The second-order valence-corrected chi connectivity index (χ2v) is 4.35. The van der Waals surface area contributed by atoms with Gasteiger partial charge in [-0.2, -0.15) is 0 Å². The molecular formula is C14H21NO. The Kier molecular flexibility index (Phi) is 5.20. The van der Waals surface area contributed by atoms with Gasteiger partial charge >= 0.3 is 0 Å². The maximum absolute atomic E-state index is 11.9. The van der Waals surface area contributed by atoms with Gasteiger partial charge in [0.2, 0.25) is 0 Å². The smallest absolute Gasteiger partial charge is 0.164 e. The quantitative estimate of drug-likeness (QED) is 0.686. The fraction of sp³-hybridized carbons (Fsp3) is 0.500. The Balaban J connectivity index is 2.47. The molecule has 0 bridgehead atoms. The molecule has 0 atom stereocenters. The molecule has 0 aromatic heterocycles. The molecule has 0 saturated carbocycles. The molecule has 0 aliphatic carbocycles. The first kappa shape index (κ1) is 12.9. The van der Waals surface area contributed by atoms with Crippen LogP contribution in [0.1, 0.15) is 35.7 Å². The van der Waals surface area contributed by atoms with Crippen molar-refractivity contribution in [1.29, 1.82) is 0 Å². The Bertz CT molecular complexity index is 346. The van der Waals surface area contributed by atoms with E-state index in [0.29, 0.717) is 6.42 Å². The number of ketones is 1. The van der Waals surface area contributed by atoms with Gasteiger partial charge < -0.3 is 4.90 Å². The highest BCUT2D eigenvalue weighted by Crippen LogP contribution is 2.07. The zero-order valence-electron chi connectivity index (χ0n) is 10.5. The summed E-state index contributed by atoms with van der Waals surface area (Å²) in [5.74, 6) is 0.242. The number of benzene rings is 1. The van der Waals surface area contributed by atoms with E-state index in [-0.39, 0.29) is 5.78 Å². The largest absolute Gasteiger partial charge is 0.306 e. The van der Waals surface area contributed by atoms with E-state index < -0.39 is 0 Å². The van der Waals surface area contributed by atoms with Crippen LogP contribution in [0.2, 0.25) is 0 Å². The first-order valence-corrected chi connectivity index (χ1v) is 5.92. The molecule has 88 valence electrons. The van der Waals surface area contributed by atoms with E-state index in [1.165, 1.54) is 0 Å². The van der Waals surface area contributed by atoms with Crippen molar-refractivity contribution >= 4 is 5.78 Å². The summed E-state index contributed by atoms with van der Waals surface area (Å²) < 4.78 is 0. The molecule has 0 saturated heterocycles. The number of carbonyl (C=O) groups excluding carboxylic acids is 1. The zero-order chi connectivity index (χ0) is 12.0. The van der Waals surface area contributed by atoms with Gasteiger partial charge in [-0.05, 0) is 33.0 Å². The van der Waals surface area contributed by atoms with Crippen LogP contribution in [0.15, 0.2) is 24.3 Å². The average molecular weight is 219 g/mol. The van der Waals surface area contributed by atoms with Crippen molar-refractivity contribution in [3.05, 3.63) is 35.4 Å². The monoisotopic (exact) mass is 219 g/mol. The number of Topliss-reactive ketones (excluding diaryl/α,β-unsaturated/α-hetero) is 1. The summed E-state index contributed by atoms with van der Waals surface area (Å²) in [6.07, 6.45) is 1.75. The van der Waals surface area contributed by atoms with Gasteiger partial charge in [0.15, 0.2) is 5.78 Å². The lowest BCUT2D eigenvalue weighted by atomic mass is 10.1. The van der Waals surface area contributed by atoms with E-state index >= 15 is 0 Å². The van der Waals surface area contributed by atoms with E-state index in [4.69, 9.17) is 0 Å². The lowest BCUT2D eigenvalue weighted by molar-refractivity contribution is 0.0969. The molecule has 1 aromatic carbocycles. The highest BCUT2D eigenvalue weighted by atomic mass is 16.1. The first-order chi connectivity index (χ1) is 7.63. The molecule has 0 aliphatic heterocycles. The molecule has 2 heteroatoms. The van der Waals surface area contributed by atoms with Gasteiger partial charge in [0.05, 0.1) is 0 Å². The van der Waals surface area contributed by atoms with Gasteiger partial charge in [0, 0.05) is 18.5 Å². The summed E-state index contributed by atoms with van der Waals surface area (Å²) in [6.45, 7) is 6.07. The number of rotatable bonds is 6. The summed E-state index contributed by atoms with van der Waals surface area (Å²) in [5.41, 5.74) is 1.98. The van der Waals surface area contributed by atoms with Crippen LogP contribution in [-0.2, 0) is 0 Å². The molecule has 1 aromatic rings. The molecule has 2 nitrogen and oxygen atoms in total. The van der Waals surface area contributed by atoms with Crippen LogP contribution in [0.5, 0.6) is 0 Å². The van der Waals surface area contributed by atoms with Crippen LogP contribution in [0.25, 0.3) is 0 Å². The van der Waals surface area contributed by atoms with Gasteiger partial charge in [-0.15, -0.1) is 0 Å². The molecule has 0 aliphatic rings. The Hall–Kier alpha value is -1.15. The maximum atomic E-state index is 11.9. The maximum Gasteiger partial charge on any atom is 0.164 e. The molecule has 0 heterocycles. The molecule has 0 radical (unpaired) electrons. The number of nitrogens with zero attached hydrogens (tertiary/aromatic N) is 1. The minimum Gasteiger partial charge on any atom is -0.306 e. The van der Waals surface area contributed by atoms with Crippen molar-refractivity contribution in [2.45, 2.75) is 26.7 Å². The summed E-state index contributed by atoms with van der Waals surface area (Å²) in [7, 11) is 2.06. The van der Waals surface area contributed by atoms with Crippen molar-refractivity contribution < 1.29 is 4.79 Å². The van der Waals surface area contributed by atoms with Crippen LogP contribution in [0, 0.1) is 6.92 Å². The van der Waals surface area contributed by atoms with Gasteiger partial charge in [0.25, 0.3) is 0 Å². The summed E-state index contributed by atoms with van der Waals surface area (Å²) in [6, 6.07) is 7.82. The number of carbonyl (C=O) groups is 1. The van der Waals surface area contributed by atoms with Gasteiger partial charge in [0.1, 0.15) is 0 Å². The van der Waals surface area contributed by atoms with E-state index in [2.05, 4.69) is 18.9 Å². The van der Waals surface area contributed by atoms with Gasteiger partial charge in [-0.25, -0.2) is 0 Å². The molecule has 0 fully saturated rings. The van der Waals surface area contributed by atoms with Crippen LogP contribution < -0.4 is 0 Å².